The number of hydrogen-bond acceptors (Lipinski definition) is 5. The molecular weight excluding hydrogens is 516 g/mol. The number of anilines is 2. The van der Waals surface area contributed by atoms with Gasteiger partial charge in [-0.2, -0.15) is 0 Å². The van der Waals surface area contributed by atoms with Crippen LogP contribution in [-0.4, -0.2) is 35.9 Å². The highest BCUT2D eigenvalue weighted by Crippen LogP contribution is 2.55. The van der Waals surface area contributed by atoms with Crippen LogP contribution >= 0.6 is 11.6 Å². The number of imide groups is 1. The molecule has 3 aliphatic rings. The quantitative estimate of drug-likeness (QED) is 0.335. The zero-order chi connectivity index (χ0) is 27.1. The summed E-state index contributed by atoms with van der Waals surface area (Å²) in [6.45, 7) is 1.87. The highest BCUT2D eigenvalue weighted by Gasteiger charge is 2.70. The molecule has 9 heteroatoms. The number of nitrogens with zero attached hydrogens (tertiary/aromatic N) is 1. The molecule has 196 valence electrons. The lowest BCUT2D eigenvalue weighted by Crippen LogP contribution is -2.53. The molecule has 1 aromatic heterocycles. The van der Waals surface area contributed by atoms with Crippen LogP contribution in [-0.2, 0) is 26.3 Å². The molecule has 0 bridgehead atoms. The van der Waals surface area contributed by atoms with Crippen LogP contribution in [0.15, 0.2) is 66.9 Å². The van der Waals surface area contributed by atoms with Crippen molar-refractivity contribution in [1.82, 2.24) is 10.3 Å². The SMILES string of the molecule is COc1ccc(N2C(=O)[C@H]3[C@@H](C2=O)[C@]2(N[C@@H]3Cc3c[nH]c4ccccc34)C(=O)Nc3c(C)cc(Cl)cc32)cc1. The third kappa shape index (κ3) is 3.25. The first-order chi connectivity index (χ1) is 18.8. The van der Waals surface area contributed by atoms with Crippen molar-refractivity contribution < 1.29 is 19.1 Å². The van der Waals surface area contributed by atoms with Gasteiger partial charge >= 0.3 is 0 Å². The average molecular weight is 541 g/mol. The van der Waals surface area contributed by atoms with Crippen molar-refractivity contribution in [3.63, 3.8) is 0 Å². The molecule has 3 aromatic carbocycles. The fourth-order valence-corrected chi connectivity index (χ4v) is 7.00. The number of fused-ring (bicyclic) bond motifs is 5. The van der Waals surface area contributed by atoms with Crippen LogP contribution < -0.4 is 20.3 Å². The van der Waals surface area contributed by atoms with Crippen molar-refractivity contribution >= 4 is 51.6 Å². The number of H-pyrrole nitrogens is 1. The van der Waals surface area contributed by atoms with Gasteiger partial charge in [0.05, 0.1) is 24.6 Å². The molecule has 4 aromatic rings. The third-order valence-corrected chi connectivity index (χ3v) is 8.65. The van der Waals surface area contributed by atoms with Gasteiger partial charge in [0, 0.05) is 39.4 Å². The number of para-hydroxylation sites is 1. The second kappa shape index (κ2) is 8.43. The number of carbonyl (C=O) groups excluding carboxylic acids is 3. The summed E-state index contributed by atoms with van der Waals surface area (Å²) in [5.74, 6) is -2.18. The van der Waals surface area contributed by atoms with E-state index in [1.165, 1.54) is 4.90 Å². The standard InChI is InChI=1S/C30H25ClN4O4/c1-15-11-17(31)13-21-26(15)33-29(38)30(21)25-24(23(34-30)12-16-14-32-22-6-4-3-5-20(16)22)27(36)35(28(25)37)18-7-9-19(39-2)10-8-18/h3-11,13-14,23-25,32,34H,12H2,1-2H3,(H,33,38)/t23-,24-,25+,30+/m1/s1. The molecular formula is C30H25ClN4O4. The van der Waals surface area contributed by atoms with Crippen molar-refractivity contribution in [2.75, 3.05) is 17.3 Å². The largest absolute Gasteiger partial charge is 0.497 e. The third-order valence-electron chi connectivity index (χ3n) is 8.43. The first-order valence-corrected chi connectivity index (χ1v) is 13.2. The molecule has 8 nitrogen and oxygen atoms in total. The Bertz CT molecular complexity index is 1700. The summed E-state index contributed by atoms with van der Waals surface area (Å²) in [7, 11) is 1.56. The van der Waals surface area contributed by atoms with Crippen molar-refractivity contribution in [3.8, 4) is 5.75 Å². The van der Waals surface area contributed by atoms with E-state index >= 15 is 0 Å². The normalized spacial score (nSPS) is 25.5. The molecule has 0 saturated carbocycles. The van der Waals surface area contributed by atoms with Gasteiger partial charge in [0.2, 0.25) is 17.7 Å². The number of amides is 3. The summed E-state index contributed by atoms with van der Waals surface area (Å²) in [5, 5.41) is 8.00. The van der Waals surface area contributed by atoms with Gasteiger partial charge in [0.15, 0.2) is 0 Å². The Kier molecular flexibility index (Phi) is 5.17. The van der Waals surface area contributed by atoms with Crippen molar-refractivity contribution in [1.29, 1.82) is 0 Å². The van der Waals surface area contributed by atoms with E-state index in [1.807, 2.05) is 37.4 Å². The van der Waals surface area contributed by atoms with Crippen LogP contribution in [0.1, 0.15) is 16.7 Å². The predicted octanol–water partition coefficient (Wildman–Crippen LogP) is 4.31. The van der Waals surface area contributed by atoms with Gasteiger partial charge in [-0.25, -0.2) is 4.90 Å². The first-order valence-electron chi connectivity index (χ1n) is 12.8. The first kappa shape index (κ1) is 23.9. The Morgan fingerprint density at radius 3 is 2.56 bits per heavy atom. The zero-order valence-electron chi connectivity index (χ0n) is 21.2. The Morgan fingerprint density at radius 1 is 1.03 bits per heavy atom. The maximum atomic E-state index is 14.2. The highest BCUT2D eigenvalue weighted by atomic mass is 35.5. The van der Waals surface area contributed by atoms with E-state index in [1.54, 1.807) is 43.5 Å². The number of aromatic nitrogens is 1. The predicted molar refractivity (Wildman–Crippen MR) is 148 cm³/mol. The van der Waals surface area contributed by atoms with Gasteiger partial charge < -0.3 is 15.0 Å². The summed E-state index contributed by atoms with van der Waals surface area (Å²) in [6, 6.07) is 17.8. The summed E-state index contributed by atoms with van der Waals surface area (Å²) in [6.07, 6.45) is 2.38. The minimum absolute atomic E-state index is 0.329. The minimum atomic E-state index is -1.43. The van der Waals surface area contributed by atoms with E-state index in [4.69, 9.17) is 16.3 Å². The number of nitrogens with one attached hydrogen (secondary N) is 3. The van der Waals surface area contributed by atoms with Crippen molar-refractivity contribution in [3.05, 3.63) is 88.6 Å². The molecule has 2 saturated heterocycles. The lowest BCUT2D eigenvalue weighted by atomic mass is 9.76. The number of aromatic amines is 1. The van der Waals surface area contributed by atoms with Gasteiger partial charge in [-0.1, -0.05) is 29.8 Å². The summed E-state index contributed by atoms with van der Waals surface area (Å²) >= 11 is 6.47. The van der Waals surface area contributed by atoms with Crippen LogP contribution in [0, 0.1) is 18.8 Å². The van der Waals surface area contributed by atoms with Crippen molar-refractivity contribution in [2.45, 2.75) is 24.9 Å². The molecule has 3 N–H and O–H groups in total. The summed E-state index contributed by atoms with van der Waals surface area (Å²) < 4.78 is 5.26. The fraction of sp³-hybridized carbons (Fsp3) is 0.233. The number of benzene rings is 3. The topological polar surface area (TPSA) is 104 Å². The highest BCUT2D eigenvalue weighted by molar-refractivity contribution is 6.31. The fourth-order valence-electron chi connectivity index (χ4n) is 6.73. The van der Waals surface area contributed by atoms with E-state index in [9.17, 15) is 14.4 Å². The molecule has 7 rings (SSSR count). The van der Waals surface area contributed by atoms with E-state index in [0.29, 0.717) is 34.1 Å². The minimum Gasteiger partial charge on any atom is -0.497 e. The molecule has 4 atom stereocenters. The number of ether oxygens (including phenoxy) is 1. The van der Waals surface area contributed by atoms with Gasteiger partial charge in [-0.3, -0.25) is 19.7 Å². The Labute approximate surface area is 229 Å². The smallest absolute Gasteiger partial charge is 0.250 e. The lowest BCUT2D eigenvalue weighted by Gasteiger charge is -2.29. The zero-order valence-corrected chi connectivity index (χ0v) is 22.0. The molecule has 0 aliphatic carbocycles. The van der Waals surface area contributed by atoms with Crippen molar-refractivity contribution in [2.24, 2.45) is 11.8 Å². The van der Waals surface area contributed by atoms with Gasteiger partial charge in [-0.05, 0) is 66.9 Å². The second-order valence-corrected chi connectivity index (χ2v) is 10.9. The number of aryl methyl sites for hydroxylation is 1. The molecule has 3 aliphatic heterocycles. The van der Waals surface area contributed by atoms with E-state index in [0.717, 1.165) is 22.0 Å². The summed E-state index contributed by atoms with van der Waals surface area (Å²) in [4.78, 5) is 46.7. The van der Waals surface area contributed by atoms with E-state index in [-0.39, 0.29) is 11.8 Å². The molecule has 1 spiro atoms. The lowest BCUT2D eigenvalue weighted by molar-refractivity contribution is -0.130. The second-order valence-electron chi connectivity index (χ2n) is 10.4. The van der Waals surface area contributed by atoms with E-state index in [2.05, 4.69) is 15.6 Å². The summed E-state index contributed by atoms with van der Waals surface area (Å²) in [5.41, 5.74) is 3.03. The Hall–Kier alpha value is -4.14. The Morgan fingerprint density at radius 2 is 1.79 bits per heavy atom. The molecule has 3 amide bonds. The Balaban J connectivity index is 1.38. The van der Waals surface area contributed by atoms with Crippen LogP contribution in [0.4, 0.5) is 11.4 Å². The molecule has 4 heterocycles. The average Bonchev–Trinajstić information content (AvgIpc) is 3.64. The van der Waals surface area contributed by atoms with Crippen LogP contribution in [0.2, 0.25) is 5.02 Å². The van der Waals surface area contributed by atoms with Crippen LogP contribution in [0.5, 0.6) is 5.75 Å². The molecule has 2 fully saturated rings. The molecule has 0 unspecified atom stereocenters. The number of carbonyl (C=O) groups is 3. The van der Waals surface area contributed by atoms with Gasteiger partial charge in [0.1, 0.15) is 11.3 Å². The van der Waals surface area contributed by atoms with Gasteiger partial charge in [-0.15, -0.1) is 0 Å². The number of methoxy groups -OCH3 is 1. The van der Waals surface area contributed by atoms with E-state index < -0.39 is 29.3 Å². The maximum Gasteiger partial charge on any atom is 0.250 e. The maximum absolute atomic E-state index is 14.2. The van der Waals surface area contributed by atoms with Gasteiger partial charge in [0.25, 0.3) is 0 Å². The number of rotatable bonds is 4. The molecule has 39 heavy (non-hydrogen) atoms. The monoisotopic (exact) mass is 540 g/mol. The number of halogens is 1. The van der Waals surface area contributed by atoms with Crippen LogP contribution in [0.25, 0.3) is 10.9 Å². The van der Waals surface area contributed by atoms with Crippen LogP contribution in [0.3, 0.4) is 0 Å². The molecule has 0 radical (unpaired) electrons. The number of hydrogen-bond donors (Lipinski definition) is 3.